The first-order valence-electron chi connectivity index (χ1n) is 8.64. The molecule has 0 heterocycles. The Morgan fingerprint density at radius 1 is 0.926 bits per heavy atom. The van der Waals surface area contributed by atoms with Gasteiger partial charge >= 0.3 is 0 Å². The number of amides is 1. The minimum Gasteiger partial charge on any atom is -0.489 e. The van der Waals surface area contributed by atoms with Crippen LogP contribution in [0.25, 0.3) is 11.1 Å². The number of benzene rings is 3. The monoisotopic (exact) mass is 363 g/mol. The van der Waals surface area contributed by atoms with Crippen molar-refractivity contribution in [2.24, 2.45) is 5.84 Å². The molecule has 5 nitrogen and oxygen atoms in total. The molecule has 0 aliphatic rings. The van der Waals surface area contributed by atoms with Gasteiger partial charge in [0.2, 0.25) is 6.41 Å². The van der Waals surface area contributed by atoms with Gasteiger partial charge in [-0.25, -0.2) is 5.84 Å². The van der Waals surface area contributed by atoms with Crippen LogP contribution >= 0.6 is 0 Å². The number of ether oxygens (including phenoxy) is 1. The van der Waals surface area contributed by atoms with Crippen LogP contribution < -0.4 is 21.3 Å². The summed E-state index contributed by atoms with van der Waals surface area (Å²) in [6, 6.07) is 24.9. The first-order chi connectivity index (χ1) is 13.2. The summed E-state index contributed by atoms with van der Waals surface area (Å²) in [4.78, 5) is 8.94. The Labute approximate surface area is 160 Å². The van der Waals surface area contributed by atoms with Gasteiger partial charge in [0.05, 0.1) is 0 Å². The first kappa shape index (κ1) is 20.0. The third-order valence-corrected chi connectivity index (χ3v) is 4.09. The zero-order valence-electron chi connectivity index (χ0n) is 15.6. The molecule has 140 valence electrons. The maximum atomic E-state index is 8.94. The molecule has 0 radical (unpaired) electrons. The lowest BCUT2D eigenvalue weighted by molar-refractivity contribution is -0.109. The highest BCUT2D eigenvalue weighted by Gasteiger charge is 2.05. The fourth-order valence-electron chi connectivity index (χ4n) is 2.66. The largest absolute Gasteiger partial charge is 0.489 e. The molecular weight excluding hydrogens is 338 g/mol. The van der Waals surface area contributed by atoms with Gasteiger partial charge in [0.25, 0.3) is 0 Å². The molecule has 27 heavy (non-hydrogen) atoms. The van der Waals surface area contributed by atoms with Crippen molar-refractivity contribution in [3.05, 3.63) is 83.9 Å². The highest BCUT2D eigenvalue weighted by atomic mass is 16.5. The summed E-state index contributed by atoms with van der Waals surface area (Å²) in [7, 11) is 1.94. The number of anilines is 1. The normalized spacial score (nSPS) is 9.59. The highest BCUT2D eigenvalue weighted by Crippen LogP contribution is 2.24. The van der Waals surface area contributed by atoms with Gasteiger partial charge in [0, 0.05) is 18.3 Å². The van der Waals surface area contributed by atoms with Crippen molar-refractivity contribution in [3.63, 3.8) is 0 Å². The molecule has 0 bridgehead atoms. The maximum Gasteiger partial charge on any atom is 0.221 e. The summed E-state index contributed by atoms with van der Waals surface area (Å²) in [5, 5.41) is 3.22. The molecule has 0 fully saturated rings. The predicted octanol–water partition coefficient (Wildman–Crippen LogP) is 3.89. The molecule has 4 N–H and O–H groups in total. The summed E-state index contributed by atoms with van der Waals surface area (Å²) >= 11 is 0. The summed E-state index contributed by atoms with van der Waals surface area (Å²) in [6.45, 7) is 2.67. The minimum atomic E-state index is 0.403. The molecule has 3 rings (SSSR count). The van der Waals surface area contributed by atoms with Gasteiger partial charge in [0.15, 0.2) is 0 Å². The van der Waals surface area contributed by atoms with E-state index < -0.39 is 0 Å². The van der Waals surface area contributed by atoms with Gasteiger partial charge in [-0.05, 0) is 41.8 Å². The van der Waals surface area contributed by atoms with E-state index in [9.17, 15) is 0 Å². The number of rotatable bonds is 6. The Balaban J connectivity index is 0.000000596. The fraction of sp³-hybridized carbons (Fsp3) is 0.136. The standard InChI is InChI=1S/C21H21NO.CH4N2O/c1-16-7-6-10-21(22-2)20(16)15-23-19-13-11-18(12-14-19)17-8-4-3-5-9-17;2-3-1-4/h3-14,22H,15H2,1-2H3;1H,2H2,(H,3,4). The van der Waals surface area contributed by atoms with Gasteiger partial charge in [-0.3, -0.25) is 10.2 Å². The van der Waals surface area contributed by atoms with Crippen LogP contribution in [0.1, 0.15) is 11.1 Å². The van der Waals surface area contributed by atoms with E-state index >= 15 is 0 Å². The molecule has 0 aliphatic heterocycles. The lowest BCUT2D eigenvalue weighted by atomic mass is 10.1. The van der Waals surface area contributed by atoms with E-state index in [4.69, 9.17) is 9.53 Å². The Hall–Kier alpha value is -3.31. The van der Waals surface area contributed by atoms with Crippen LogP contribution in [0.2, 0.25) is 0 Å². The zero-order chi connectivity index (χ0) is 19.5. The molecule has 3 aromatic carbocycles. The molecule has 0 aromatic heterocycles. The van der Waals surface area contributed by atoms with E-state index in [2.05, 4.69) is 72.7 Å². The van der Waals surface area contributed by atoms with Crippen LogP contribution in [0.4, 0.5) is 5.69 Å². The van der Waals surface area contributed by atoms with Crippen LogP contribution in [0.3, 0.4) is 0 Å². The molecule has 5 heteroatoms. The highest BCUT2D eigenvalue weighted by molar-refractivity contribution is 5.64. The van der Waals surface area contributed by atoms with Crippen molar-refractivity contribution >= 4 is 12.1 Å². The van der Waals surface area contributed by atoms with E-state index in [1.54, 1.807) is 5.43 Å². The number of aryl methyl sites for hydroxylation is 1. The first-order valence-corrected chi connectivity index (χ1v) is 8.64. The van der Waals surface area contributed by atoms with Crippen molar-refractivity contribution in [2.45, 2.75) is 13.5 Å². The molecule has 0 atom stereocenters. The Bertz CT molecular complexity index is 834. The van der Waals surface area contributed by atoms with Gasteiger partial charge in [0.1, 0.15) is 12.4 Å². The molecule has 0 saturated carbocycles. The van der Waals surface area contributed by atoms with Crippen LogP contribution in [-0.2, 0) is 11.4 Å². The van der Waals surface area contributed by atoms with Gasteiger partial charge in [-0.2, -0.15) is 0 Å². The number of hydrazine groups is 1. The average Bonchev–Trinajstić information content (AvgIpc) is 2.74. The summed E-state index contributed by atoms with van der Waals surface area (Å²) in [5.74, 6) is 5.29. The number of hydrogen-bond acceptors (Lipinski definition) is 4. The van der Waals surface area contributed by atoms with E-state index in [1.165, 1.54) is 22.3 Å². The Morgan fingerprint density at radius 3 is 2.15 bits per heavy atom. The van der Waals surface area contributed by atoms with Crippen molar-refractivity contribution in [3.8, 4) is 16.9 Å². The van der Waals surface area contributed by atoms with Crippen LogP contribution in [0.15, 0.2) is 72.8 Å². The van der Waals surface area contributed by atoms with Crippen molar-refractivity contribution in [1.82, 2.24) is 5.43 Å². The smallest absolute Gasteiger partial charge is 0.221 e. The predicted molar refractivity (Wildman–Crippen MR) is 110 cm³/mol. The number of carbonyl (C=O) groups is 1. The summed E-state index contributed by atoms with van der Waals surface area (Å²) < 4.78 is 5.97. The van der Waals surface area contributed by atoms with Crippen molar-refractivity contribution in [1.29, 1.82) is 0 Å². The summed E-state index contributed by atoms with van der Waals surface area (Å²) in [5.41, 5.74) is 7.71. The second-order valence-corrected chi connectivity index (χ2v) is 5.81. The second kappa shape index (κ2) is 10.6. The third kappa shape index (κ3) is 5.87. The van der Waals surface area contributed by atoms with E-state index in [0.29, 0.717) is 13.0 Å². The van der Waals surface area contributed by atoms with Crippen LogP contribution in [-0.4, -0.2) is 13.5 Å². The molecule has 1 amide bonds. The molecule has 0 saturated heterocycles. The van der Waals surface area contributed by atoms with Gasteiger partial charge in [-0.1, -0.05) is 54.6 Å². The number of carbonyl (C=O) groups excluding carboxylic acids is 1. The summed E-state index contributed by atoms with van der Waals surface area (Å²) in [6.07, 6.45) is 0.403. The minimum absolute atomic E-state index is 0.403. The zero-order valence-corrected chi connectivity index (χ0v) is 15.6. The van der Waals surface area contributed by atoms with E-state index in [0.717, 1.165) is 11.4 Å². The number of nitrogens with two attached hydrogens (primary N) is 1. The lowest BCUT2D eigenvalue weighted by Crippen LogP contribution is -2.18. The lowest BCUT2D eigenvalue weighted by Gasteiger charge is -2.13. The van der Waals surface area contributed by atoms with Crippen LogP contribution in [0.5, 0.6) is 5.75 Å². The van der Waals surface area contributed by atoms with E-state index in [1.807, 2.05) is 25.2 Å². The molecular formula is C22H25N3O2. The fourth-order valence-corrected chi connectivity index (χ4v) is 2.66. The third-order valence-electron chi connectivity index (χ3n) is 4.09. The molecule has 3 aromatic rings. The quantitative estimate of drug-likeness (QED) is 0.269. The Kier molecular flexibility index (Phi) is 7.88. The number of hydrogen-bond donors (Lipinski definition) is 3. The maximum absolute atomic E-state index is 8.94. The Morgan fingerprint density at radius 2 is 1.56 bits per heavy atom. The van der Waals surface area contributed by atoms with Crippen LogP contribution in [0, 0.1) is 6.92 Å². The SMILES string of the molecule is CNc1cccc(C)c1COc1ccc(-c2ccccc2)cc1.NNC=O. The van der Waals surface area contributed by atoms with Crippen molar-refractivity contribution < 1.29 is 9.53 Å². The topological polar surface area (TPSA) is 76.4 Å². The average molecular weight is 363 g/mol. The van der Waals surface area contributed by atoms with Gasteiger partial charge in [-0.15, -0.1) is 0 Å². The second-order valence-electron chi connectivity index (χ2n) is 5.81. The van der Waals surface area contributed by atoms with E-state index in [-0.39, 0.29) is 0 Å². The number of nitrogens with one attached hydrogen (secondary N) is 2. The molecule has 0 unspecified atom stereocenters. The van der Waals surface area contributed by atoms with Gasteiger partial charge < -0.3 is 10.1 Å². The molecule has 0 spiro atoms. The molecule has 0 aliphatic carbocycles. The van der Waals surface area contributed by atoms with Crippen molar-refractivity contribution in [2.75, 3.05) is 12.4 Å².